The summed E-state index contributed by atoms with van der Waals surface area (Å²) in [6.45, 7) is 2.95. The van der Waals surface area contributed by atoms with Gasteiger partial charge in [-0.1, -0.05) is 24.3 Å². The maximum absolute atomic E-state index is 5.95. The highest BCUT2D eigenvalue weighted by Gasteiger charge is 2.05. The first-order valence-corrected chi connectivity index (χ1v) is 6.95. The standard InChI is InChI=1S/C15H16INO/c1-11-9-12(10-17-2)7-8-14(11)18-15-6-4-3-5-13(15)16/h3-9,17H,10H2,1-2H3. The van der Waals surface area contributed by atoms with Crippen LogP contribution in [0.15, 0.2) is 42.5 Å². The molecule has 0 saturated carbocycles. The molecule has 1 N–H and O–H groups in total. The molecule has 0 fully saturated rings. The monoisotopic (exact) mass is 353 g/mol. The topological polar surface area (TPSA) is 21.3 Å². The molecule has 0 aromatic heterocycles. The van der Waals surface area contributed by atoms with Crippen molar-refractivity contribution in [1.82, 2.24) is 5.32 Å². The van der Waals surface area contributed by atoms with Gasteiger partial charge in [0.15, 0.2) is 0 Å². The van der Waals surface area contributed by atoms with Crippen LogP contribution in [0.25, 0.3) is 0 Å². The van der Waals surface area contributed by atoms with Crippen molar-refractivity contribution in [2.75, 3.05) is 7.05 Å². The first kappa shape index (κ1) is 13.4. The van der Waals surface area contributed by atoms with Gasteiger partial charge in [-0.2, -0.15) is 0 Å². The van der Waals surface area contributed by atoms with Crippen molar-refractivity contribution in [3.63, 3.8) is 0 Å². The smallest absolute Gasteiger partial charge is 0.140 e. The minimum Gasteiger partial charge on any atom is -0.456 e. The molecule has 0 aliphatic heterocycles. The highest BCUT2D eigenvalue weighted by Crippen LogP contribution is 2.29. The molecular weight excluding hydrogens is 337 g/mol. The third-order valence-corrected chi connectivity index (χ3v) is 3.57. The number of nitrogens with one attached hydrogen (secondary N) is 1. The number of benzene rings is 2. The molecule has 0 heterocycles. The van der Waals surface area contributed by atoms with Crippen LogP contribution in [0.1, 0.15) is 11.1 Å². The predicted octanol–water partition coefficient (Wildman–Crippen LogP) is 4.11. The predicted molar refractivity (Wildman–Crippen MR) is 83.2 cm³/mol. The summed E-state index contributed by atoms with van der Waals surface area (Å²) in [7, 11) is 1.95. The third-order valence-electron chi connectivity index (χ3n) is 2.68. The summed E-state index contributed by atoms with van der Waals surface area (Å²) in [4.78, 5) is 0. The lowest BCUT2D eigenvalue weighted by Crippen LogP contribution is -2.05. The van der Waals surface area contributed by atoms with Gasteiger partial charge in [0.1, 0.15) is 11.5 Å². The van der Waals surface area contributed by atoms with Gasteiger partial charge in [0.05, 0.1) is 3.57 Å². The molecule has 3 heteroatoms. The van der Waals surface area contributed by atoms with Gasteiger partial charge in [-0.05, 0) is 65.9 Å². The van der Waals surface area contributed by atoms with Gasteiger partial charge in [-0.25, -0.2) is 0 Å². The Hall–Kier alpha value is -1.07. The highest BCUT2D eigenvalue weighted by atomic mass is 127. The van der Waals surface area contributed by atoms with Gasteiger partial charge in [0.25, 0.3) is 0 Å². The van der Waals surface area contributed by atoms with E-state index in [4.69, 9.17) is 4.74 Å². The molecule has 0 atom stereocenters. The van der Waals surface area contributed by atoms with Crippen LogP contribution in [0.2, 0.25) is 0 Å². The molecular formula is C15H16INO. The van der Waals surface area contributed by atoms with Crippen LogP contribution in [0.5, 0.6) is 11.5 Å². The summed E-state index contributed by atoms with van der Waals surface area (Å²) in [5, 5.41) is 3.15. The summed E-state index contributed by atoms with van der Waals surface area (Å²) in [6, 6.07) is 14.3. The van der Waals surface area contributed by atoms with Crippen LogP contribution >= 0.6 is 22.6 Å². The minimum atomic E-state index is 0.879. The van der Waals surface area contributed by atoms with Crippen LogP contribution in [0, 0.1) is 10.5 Å². The molecule has 0 amide bonds. The zero-order chi connectivity index (χ0) is 13.0. The van der Waals surface area contributed by atoms with E-state index in [1.807, 2.05) is 37.4 Å². The van der Waals surface area contributed by atoms with Crippen molar-refractivity contribution in [3.8, 4) is 11.5 Å². The summed E-state index contributed by atoms with van der Waals surface area (Å²) >= 11 is 2.28. The maximum atomic E-state index is 5.95. The van der Waals surface area contributed by atoms with E-state index in [1.54, 1.807) is 0 Å². The van der Waals surface area contributed by atoms with E-state index < -0.39 is 0 Å². The lowest BCUT2D eigenvalue weighted by molar-refractivity contribution is 0.475. The molecule has 0 spiro atoms. The molecule has 2 rings (SSSR count). The largest absolute Gasteiger partial charge is 0.456 e. The second-order valence-electron chi connectivity index (χ2n) is 4.16. The Bertz CT molecular complexity index is 540. The molecule has 0 radical (unpaired) electrons. The SMILES string of the molecule is CNCc1ccc(Oc2ccccc2I)c(C)c1. The molecule has 0 bridgehead atoms. The molecule has 0 aliphatic rings. The number of aryl methyl sites for hydroxylation is 1. The van der Waals surface area contributed by atoms with Gasteiger partial charge >= 0.3 is 0 Å². The van der Waals surface area contributed by atoms with Crippen molar-refractivity contribution in [1.29, 1.82) is 0 Å². The Morgan fingerprint density at radius 2 is 1.89 bits per heavy atom. The van der Waals surface area contributed by atoms with Crippen molar-refractivity contribution < 1.29 is 4.74 Å². The fraction of sp³-hybridized carbons (Fsp3) is 0.200. The van der Waals surface area contributed by atoms with Gasteiger partial charge < -0.3 is 10.1 Å². The quantitative estimate of drug-likeness (QED) is 0.836. The van der Waals surface area contributed by atoms with Gasteiger partial charge in [0, 0.05) is 6.54 Å². The molecule has 2 aromatic carbocycles. The summed E-state index contributed by atoms with van der Waals surface area (Å²) in [5.74, 6) is 1.82. The van der Waals surface area contributed by atoms with Crippen molar-refractivity contribution in [2.24, 2.45) is 0 Å². The Morgan fingerprint density at radius 3 is 2.56 bits per heavy atom. The average molecular weight is 353 g/mol. The Labute approximate surface area is 122 Å². The van der Waals surface area contributed by atoms with E-state index >= 15 is 0 Å². The number of hydrogen-bond donors (Lipinski definition) is 1. The average Bonchev–Trinajstić information content (AvgIpc) is 2.35. The zero-order valence-electron chi connectivity index (χ0n) is 10.5. The highest BCUT2D eigenvalue weighted by molar-refractivity contribution is 14.1. The van der Waals surface area contributed by atoms with Crippen molar-refractivity contribution in [3.05, 3.63) is 57.2 Å². The van der Waals surface area contributed by atoms with Crippen LogP contribution in [0.3, 0.4) is 0 Å². The number of para-hydroxylation sites is 1. The van der Waals surface area contributed by atoms with Crippen LogP contribution < -0.4 is 10.1 Å². The normalized spacial score (nSPS) is 10.4. The maximum Gasteiger partial charge on any atom is 0.140 e. The third kappa shape index (κ3) is 3.23. The number of rotatable bonds is 4. The van der Waals surface area contributed by atoms with Crippen molar-refractivity contribution in [2.45, 2.75) is 13.5 Å². The van der Waals surface area contributed by atoms with Crippen LogP contribution in [-0.2, 0) is 6.54 Å². The van der Waals surface area contributed by atoms with E-state index in [-0.39, 0.29) is 0 Å². The van der Waals surface area contributed by atoms with Gasteiger partial charge in [-0.15, -0.1) is 0 Å². The second kappa shape index (κ2) is 6.20. The van der Waals surface area contributed by atoms with E-state index in [0.717, 1.165) is 27.2 Å². The second-order valence-corrected chi connectivity index (χ2v) is 5.32. The molecule has 2 nitrogen and oxygen atoms in total. The summed E-state index contributed by atoms with van der Waals surface area (Å²) in [5.41, 5.74) is 2.42. The van der Waals surface area contributed by atoms with E-state index in [2.05, 4.69) is 47.0 Å². The summed E-state index contributed by atoms with van der Waals surface area (Å²) < 4.78 is 7.06. The molecule has 0 aliphatic carbocycles. The first-order chi connectivity index (χ1) is 8.70. The van der Waals surface area contributed by atoms with Crippen LogP contribution in [-0.4, -0.2) is 7.05 Å². The van der Waals surface area contributed by atoms with Crippen LogP contribution in [0.4, 0.5) is 0 Å². The molecule has 0 unspecified atom stereocenters. The van der Waals surface area contributed by atoms with Gasteiger partial charge in [-0.3, -0.25) is 0 Å². The number of halogens is 1. The van der Waals surface area contributed by atoms with Gasteiger partial charge in [0.2, 0.25) is 0 Å². The molecule has 2 aromatic rings. The zero-order valence-corrected chi connectivity index (χ0v) is 12.7. The Kier molecular flexibility index (Phi) is 4.60. The number of hydrogen-bond acceptors (Lipinski definition) is 2. The van der Waals surface area contributed by atoms with Crippen molar-refractivity contribution >= 4 is 22.6 Å². The summed E-state index contributed by atoms with van der Waals surface area (Å²) in [6.07, 6.45) is 0. The van der Waals surface area contributed by atoms with E-state index in [0.29, 0.717) is 0 Å². The Balaban J connectivity index is 2.22. The minimum absolute atomic E-state index is 0.879. The lowest BCUT2D eigenvalue weighted by Gasteiger charge is -2.11. The lowest BCUT2D eigenvalue weighted by atomic mass is 10.1. The first-order valence-electron chi connectivity index (χ1n) is 5.87. The fourth-order valence-electron chi connectivity index (χ4n) is 1.79. The Morgan fingerprint density at radius 1 is 1.11 bits per heavy atom. The van der Waals surface area contributed by atoms with E-state index in [9.17, 15) is 0 Å². The molecule has 0 saturated heterocycles. The number of ether oxygens (including phenoxy) is 1. The fourth-order valence-corrected chi connectivity index (χ4v) is 2.28. The molecule has 94 valence electrons. The molecule has 18 heavy (non-hydrogen) atoms. The van der Waals surface area contributed by atoms with E-state index in [1.165, 1.54) is 5.56 Å².